The molecule has 1 aromatic heterocycles. The molecule has 0 radical (unpaired) electrons. The van der Waals surface area contributed by atoms with E-state index in [1.165, 1.54) is 12.8 Å². The lowest BCUT2D eigenvalue weighted by Gasteiger charge is -2.39. The number of likely N-dealkylation sites (tertiary alicyclic amines) is 1. The number of nitrogens with one attached hydrogen (secondary N) is 2. The summed E-state index contributed by atoms with van der Waals surface area (Å²) in [7, 11) is 0. The van der Waals surface area contributed by atoms with Crippen LogP contribution in [0.1, 0.15) is 47.9 Å². The summed E-state index contributed by atoms with van der Waals surface area (Å²) >= 11 is 0. The van der Waals surface area contributed by atoms with E-state index in [9.17, 15) is 4.79 Å². The lowest BCUT2D eigenvalue weighted by atomic mass is 9.95. The molecular formula is C25H28N4O3. The highest BCUT2D eigenvalue weighted by atomic mass is 16.6. The molecule has 2 aliphatic heterocycles. The van der Waals surface area contributed by atoms with Gasteiger partial charge in [0.15, 0.2) is 11.5 Å². The third-order valence-electron chi connectivity index (χ3n) is 6.77. The Bertz CT molecular complexity index is 1110. The molecule has 7 nitrogen and oxygen atoms in total. The highest BCUT2D eigenvalue weighted by Gasteiger charge is 2.35. The van der Waals surface area contributed by atoms with E-state index < -0.39 is 0 Å². The van der Waals surface area contributed by atoms with Crippen LogP contribution in [0.3, 0.4) is 0 Å². The number of para-hydroxylation sites is 2. The van der Waals surface area contributed by atoms with E-state index in [-0.39, 0.29) is 18.0 Å². The number of fused-ring (bicyclic) bond motifs is 2. The van der Waals surface area contributed by atoms with Crippen LogP contribution < -0.4 is 14.8 Å². The maximum atomic E-state index is 13.0. The number of aromatic nitrogens is 2. The van der Waals surface area contributed by atoms with Crippen molar-refractivity contribution in [2.75, 3.05) is 26.3 Å². The molecule has 1 amide bonds. The van der Waals surface area contributed by atoms with Crippen LogP contribution >= 0.6 is 0 Å². The largest absolute Gasteiger partial charge is 0.486 e. The second kappa shape index (κ2) is 8.13. The maximum absolute atomic E-state index is 13.0. The van der Waals surface area contributed by atoms with Crippen molar-refractivity contribution in [1.82, 2.24) is 20.2 Å². The topological polar surface area (TPSA) is 79.5 Å². The third-order valence-corrected chi connectivity index (χ3v) is 6.77. The number of carbonyl (C=O) groups is 1. The molecule has 2 aromatic carbocycles. The summed E-state index contributed by atoms with van der Waals surface area (Å²) in [6.07, 6.45) is 4.45. The minimum atomic E-state index is -0.0639. The van der Waals surface area contributed by atoms with Crippen molar-refractivity contribution in [3.8, 4) is 11.5 Å². The maximum Gasteiger partial charge on any atom is 0.251 e. The molecule has 3 heterocycles. The van der Waals surface area contributed by atoms with Gasteiger partial charge in [0.25, 0.3) is 5.91 Å². The minimum Gasteiger partial charge on any atom is -0.486 e. The van der Waals surface area contributed by atoms with Crippen molar-refractivity contribution in [2.45, 2.75) is 37.8 Å². The van der Waals surface area contributed by atoms with Gasteiger partial charge in [-0.3, -0.25) is 9.69 Å². The van der Waals surface area contributed by atoms with E-state index >= 15 is 0 Å². The van der Waals surface area contributed by atoms with Gasteiger partial charge in [-0.05, 0) is 61.9 Å². The van der Waals surface area contributed by atoms with Crippen LogP contribution in [0.2, 0.25) is 0 Å². The number of rotatable bonds is 5. The Labute approximate surface area is 187 Å². The number of hydrogen-bond donors (Lipinski definition) is 2. The summed E-state index contributed by atoms with van der Waals surface area (Å²) in [5, 5.41) is 3.26. The number of ether oxygens (including phenoxy) is 2. The second-order valence-corrected chi connectivity index (χ2v) is 9.15. The molecular weight excluding hydrogens is 404 g/mol. The highest BCUT2D eigenvalue weighted by molar-refractivity contribution is 5.95. The molecule has 2 atom stereocenters. The first-order chi connectivity index (χ1) is 15.7. The number of hydrogen-bond acceptors (Lipinski definition) is 5. The first-order valence-corrected chi connectivity index (χ1v) is 11.6. The van der Waals surface area contributed by atoms with E-state index in [1.54, 1.807) is 6.07 Å². The molecule has 3 aromatic rings. The molecule has 2 fully saturated rings. The van der Waals surface area contributed by atoms with Crippen molar-refractivity contribution in [3.05, 3.63) is 53.9 Å². The van der Waals surface area contributed by atoms with Gasteiger partial charge >= 0.3 is 0 Å². The fourth-order valence-electron chi connectivity index (χ4n) is 4.86. The summed E-state index contributed by atoms with van der Waals surface area (Å²) in [6.45, 7) is 3.13. The molecule has 2 N–H and O–H groups in total. The highest BCUT2D eigenvalue weighted by Crippen LogP contribution is 2.37. The Morgan fingerprint density at radius 3 is 2.78 bits per heavy atom. The molecule has 7 heteroatoms. The minimum absolute atomic E-state index is 0.0639. The van der Waals surface area contributed by atoms with Crippen LogP contribution in [0.4, 0.5) is 0 Å². The van der Waals surface area contributed by atoms with Gasteiger partial charge in [0, 0.05) is 24.7 Å². The van der Waals surface area contributed by atoms with Crippen molar-refractivity contribution >= 4 is 16.9 Å². The monoisotopic (exact) mass is 432 g/mol. The first-order valence-electron chi connectivity index (χ1n) is 11.6. The third kappa shape index (κ3) is 3.93. The smallest absolute Gasteiger partial charge is 0.251 e. The fourth-order valence-corrected chi connectivity index (χ4v) is 4.86. The number of benzene rings is 2. The molecule has 0 bridgehead atoms. The van der Waals surface area contributed by atoms with Crippen LogP contribution in [0.25, 0.3) is 11.0 Å². The zero-order chi connectivity index (χ0) is 21.5. The standard InChI is InChI=1S/C25H28N4O3/c30-25(17-7-8-22-23(13-17)32-12-11-31-22)26-18-9-10-29(15-16-5-6-16)21(14-18)24-27-19-3-1-2-4-20(19)28-24/h1-4,7-8,13,16,18,21H,5-6,9-12,14-15H2,(H,26,30)(H,27,28)/t18-,21-/m1/s1. The number of imidazole rings is 1. The van der Waals surface area contributed by atoms with Crippen molar-refractivity contribution in [3.63, 3.8) is 0 Å². The number of nitrogens with zero attached hydrogens (tertiary/aromatic N) is 2. The van der Waals surface area contributed by atoms with Gasteiger partial charge in [-0.2, -0.15) is 0 Å². The Balaban J connectivity index is 1.20. The summed E-state index contributed by atoms with van der Waals surface area (Å²) in [5.41, 5.74) is 2.67. The Hall–Kier alpha value is -3.06. The first kappa shape index (κ1) is 19.6. The van der Waals surface area contributed by atoms with Gasteiger partial charge in [0.1, 0.15) is 19.0 Å². The van der Waals surface area contributed by atoms with Gasteiger partial charge in [-0.1, -0.05) is 12.1 Å². The predicted molar refractivity (Wildman–Crippen MR) is 121 cm³/mol. The van der Waals surface area contributed by atoms with Crippen molar-refractivity contribution in [2.24, 2.45) is 5.92 Å². The van der Waals surface area contributed by atoms with E-state index in [0.717, 1.165) is 48.7 Å². The van der Waals surface area contributed by atoms with Crippen LogP contribution in [0.15, 0.2) is 42.5 Å². The van der Waals surface area contributed by atoms with E-state index in [0.29, 0.717) is 30.3 Å². The number of carbonyl (C=O) groups excluding carboxylic acids is 1. The number of aromatic amines is 1. The molecule has 32 heavy (non-hydrogen) atoms. The summed E-state index contributed by atoms with van der Waals surface area (Å²) in [6, 6.07) is 13.9. The van der Waals surface area contributed by atoms with Crippen LogP contribution in [0.5, 0.6) is 11.5 Å². The molecule has 166 valence electrons. The molecule has 1 aliphatic carbocycles. The zero-order valence-electron chi connectivity index (χ0n) is 18.0. The number of piperidine rings is 1. The Kier molecular flexibility index (Phi) is 4.98. The van der Waals surface area contributed by atoms with Crippen LogP contribution in [-0.2, 0) is 0 Å². The number of amides is 1. The lowest BCUT2D eigenvalue weighted by Crippen LogP contribution is -2.47. The van der Waals surface area contributed by atoms with Crippen LogP contribution in [-0.4, -0.2) is 53.1 Å². The van der Waals surface area contributed by atoms with Gasteiger partial charge in [0.2, 0.25) is 0 Å². The SMILES string of the molecule is O=C(N[C@@H]1CCN(CC2CC2)[C@@H](c2nc3ccccc3[nH]2)C1)c1ccc2c(c1)OCCO2. The van der Waals surface area contributed by atoms with Crippen molar-refractivity contribution in [1.29, 1.82) is 0 Å². The van der Waals surface area contributed by atoms with Gasteiger partial charge < -0.3 is 19.8 Å². The molecule has 0 unspecified atom stereocenters. The second-order valence-electron chi connectivity index (χ2n) is 9.15. The van der Waals surface area contributed by atoms with Gasteiger partial charge in [-0.15, -0.1) is 0 Å². The van der Waals surface area contributed by atoms with Gasteiger partial charge in [0.05, 0.1) is 17.1 Å². The molecule has 6 rings (SSSR count). The molecule has 0 spiro atoms. The number of H-pyrrole nitrogens is 1. The zero-order valence-corrected chi connectivity index (χ0v) is 18.0. The summed E-state index contributed by atoms with van der Waals surface area (Å²) in [5.74, 6) is 3.09. The summed E-state index contributed by atoms with van der Waals surface area (Å²) in [4.78, 5) is 24.0. The van der Waals surface area contributed by atoms with Crippen molar-refractivity contribution < 1.29 is 14.3 Å². The van der Waals surface area contributed by atoms with E-state index in [4.69, 9.17) is 14.5 Å². The Morgan fingerprint density at radius 2 is 1.94 bits per heavy atom. The van der Waals surface area contributed by atoms with Gasteiger partial charge in [-0.25, -0.2) is 4.98 Å². The lowest BCUT2D eigenvalue weighted by molar-refractivity contribution is 0.0839. The van der Waals surface area contributed by atoms with Crippen LogP contribution in [0, 0.1) is 5.92 Å². The quantitative estimate of drug-likeness (QED) is 0.643. The van der Waals surface area contributed by atoms with E-state index in [1.807, 2.05) is 30.3 Å². The molecule has 1 saturated heterocycles. The predicted octanol–water partition coefficient (Wildman–Crippen LogP) is 3.68. The normalized spacial score (nSPS) is 23.2. The molecule has 1 saturated carbocycles. The summed E-state index contributed by atoms with van der Waals surface area (Å²) < 4.78 is 11.2. The Morgan fingerprint density at radius 1 is 1.09 bits per heavy atom. The molecule has 3 aliphatic rings. The van der Waals surface area contributed by atoms with E-state index in [2.05, 4.69) is 21.3 Å². The average molecular weight is 433 g/mol. The fraction of sp³-hybridized carbons (Fsp3) is 0.440. The average Bonchev–Trinajstić information content (AvgIpc) is 3.54.